The molecule has 0 aromatic heterocycles. The minimum atomic E-state index is -0.645. The van der Waals surface area contributed by atoms with Gasteiger partial charge in [0.25, 0.3) is 0 Å². The Morgan fingerprint density at radius 2 is 1.89 bits per heavy atom. The maximum Gasteiger partial charge on any atom is 0.243 e. The van der Waals surface area contributed by atoms with Gasteiger partial charge in [-0.2, -0.15) is 0 Å². The van der Waals surface area contributed by atoms with E-state index in [0.29, 0.717) is 31.0 Å². The topological polar surface area (TPSA) is 75.4 Å². The van der Waals surface area contributed by atoms with Gasteiger partial charge in [-0.05, 0) is 42.5 Å². The molecule has 2 atom stereocenters. The summed E-state index contributed by atoms with van der Waals surface area (Å²) in [4.78, 5) is 27.0. The zero-order valence-electron chi connectivity index (χ0n) is 15.1. The largest absolute Gasteiger partial charge is 0.350 e. The maximum absolute atomic E-state index is 12.8. The summed E-state index contributed by atoms with van der Waals surface area (Å²) in [5, 5.41) is 3.54. The Balaban J connectivity index is 1.58. The van der Waals surface area contributed by atoms with Crippen LogP contribution < -0.4 is 11.1 Å². The first kappa shape index (κ1) is 19.4. The molecule has 0 aliphatic carbocycles. The van der Waals surface area contributed by atoms with Gasteiger partial charge in [0.05, 0.1) is 6.04 Å². The van der Waals surface area contributed by atoms with Crippen molar-refractivity contribution in [1.29, 1.82) is 0 Å². The third-order valence-electron chi connectivity index (χ3n) is 4.81. The normalized spacial score (nSPS) is 17.6. The Bertz CT molecular complexity index is 797. The van der Waals surface area contributed by atoms with E-state index in [0.717, 1.165) is 17.5 Å². The predicted molar refractivity (Wildman–Crippen MR) is 106 cm³/mol. The molecule has 3 N–H and O–H groups in total. The molecule has 1 unspecified atom stereocenters. The van der Waals surface area contributed by atoms with Crippen LogP contribution >= 0.6 is 11.6 Å². The van der Waals surface area contributed by atoms with E-state index in [2.05, 4.69) is 5.32 Å². The number of nitrogens with zero attached hydrogens (tertiary/aromatic N) is 1. The van der Waals surface area contributed by atoms with Gasteiger partial charge in [0.1, 0.15) is 6.04 Å². The highest BCUT2D eigenvalue weighted by Gasteiger charge is 2.35. The van der Waals surface area contributed by atoms with Crippen molar-refractivity contribution >= 4 is 23.4 Å². The molecule has 5 nitrogen and oxygen atoms in total. The number of carbonyl (C=O) groups is 2. The summed E-state index contributed by atoms with van der Waals surface area (Å²) in [5.41, 5.74) is 8.07. The minimum absolute atomic E-state index is 0.146. The van der Waals surface area contributed by atoms with Crippen molar-refractivity contribution in [3.05, 3.63) is 70.7 Å². The quantitative estimate of drug-likeness (QED) is 0.802. The van der Waals surface area contributed by atoms with Gasteiger partial charge >= 0.3 is 0 Å². The second-order valence-electron chi connectivity index (χ2n) is 6.83. The SMILES string of the molecule is NC(Cc1ccccc1)C(=O)N1CCC[C@H]1C(=O)NCc1cccc(Cl)c1. The molecule has 2 aromatic rings. The number of hydrogen-bond donors (Lipinski definition) is 2. The fourth-order valence-electron chi connectivity index (χ4n) is 3.43. The Labute approximate surface area is 164 Å². The number of nitrogens with one attached hydrogen (secondary N) is 1. The molecule has 2 amide bonds. The van der Waals surface area contributed by atoms with Crippen molar-refractivity contribution in [3.8, 4) is 0 Å². The second-order valence-corrected chi connectivity index (χ2v) is 7.27. The summed E-state index contributed by atoms with van der Waals surface area (Å²) < 4.78 is 0. The van der Waals surface area contributed by atoms with E-state index in [4.69, 9.17) is 17.3 Å². The third kappa shape index (κ3) is 5.08. The molecule has 3 rings (SSSR count). The van der Waals surface area contributed by atoms with Crippen molar-refractivity contribution in [2.24, 2.45) is 5.73 Å². The van der Waals surface area contributed by atoms with Gasteiger partial charge in [0, 0.05) is 18.1 Å². The van der Waals surface area contributed by atoms with Crippen LogP contribution in [0.25, 0.3) is 0 Å². The van der Waals surface area contributed by atoms with E-state index in [9.17, 15) is 9.59 Å². The van der Waals surface area contributed by atoms with Gasteiger partial charge in [0.15, 0.2) is 0 Å². The van der Waals surface area contributed by atoms with Gasteiger partial charge in [-0.1, -0.05) is 54.1 Å². The molecular weight excluding hydrogens is 362 g/mol. The molecule has 1 aliphatic heterocycles. The van der Waals surface area contributed by atoms with Crippen molar-refractivity contribution < 1.29 is 9.59 Å². The predicted octanol–water partition coefficient (Wildman–Crippen LogP) is 2.52. The lowest BCUT2D eigenvalue weighted by Crippen LogP contribution is -2.51. The lowest BCUT2D eigenvalue weighted by molar-refractivity contribution is -0.139. The Kier molecular flexibility index (Phi) is 6.48. The Morgan fingerprint density at radius 1 is 1.15 bits per heavy atom. The van der Waals surface area contributed by atoms with Crippen LogP contribution in [0, 0.1) is 0 Å². The van der Waals surface area contributed by atoms with Crippen molar-refractivity contribution in [3.63, 3.8) is 0 Å². The highest BCUT2D eigenvalue weighted by Crippen LogP contribution is 2.19. The van der Waals surface area contributed by atoms with E-state index in [1.54, 1.807) is 11.0 Å². The first-order valence-electron chi connectivity index (χ1n) is 9.17. The molecule has 2 aromatic carbocycles. The zero-order valence-corrected chi connectivity index (χ0v) is 15.9. The van der Waals surface area contributed by atoms with Crippen LogP contribution in [-0.4, -0.2) is 35.3 Å². The number of rotatable bonds is 6. The molecule has 0 radical (unpaired) electrons. The Hall–Kier alpha value is -2.37. The molecule has 1 heterocycles. The number of likely N-dealkylation sites (tertiary alicyclic amines) is 1. The molecular formula is C21H24ClN3O2. The minimum Gasteiger partial charge on any atom is -0.350 e. The van der Waals surface area contributed by atoms with Crippen LogP contribution in [0.5, 0.6) is 0 Å². The van der Waals surface area contributed by atoms with Gasteiger partial charge in [-0.25, -0.2) is 0 Å². The monoisotopic (exact) mass is 385 g/mol. The maximum atomic E-state index is 12.8. The molecule has 142 valence electrons. The lowest BCUT2D eigenvalue weighted by Gasteiger charge is -2.26. The first-order chi connectivity index (χ1) is 13.0. The van der Waals surface area contributed by atoms with Gasteiger partial charge < -0.3 is 16.0 Å². The summed E-state index contributed by atoms with van der Waals surface area (Å²) >= 11 is 5.97. The highest BCUT2D eigenvalue weighted by atomic mass is 35.5. The van der Waals surface area contributed by atoms with Crippen LogP contribution in [0.4, 0.5) is 0 Å². The van der Waals surface area contributed by atoms with E-state index in [-0.39, 0.29) is 11.8 Å². The molecule has 1 saturated heterocycles. The van der Waals surface area contributed by atoms with Crippen LogP contribution in [-0.2, 0) is 22.6 Å². The lowest BCUT2D eigenvalue weighted by atomic mass is 10.1. The van der Waals surface area contributed by atoms with Gasteiger partial charge in [0.2, 0.25) is 11.8 Å². The summed E-state index contributed by atoms with van der Waals surface area (Å²) in [6, 6.07) is 15.9. The number of hydrogen-bond acceptors (Lipinski definition) is 3. The van der Waals surface area contributed by atoms with Crippen LogP contribution in [0.3, 0.4) is 0 Å². The molecule has 1 aliphatic rings. The molecule has 6 heteroatoms. The van der Waals surface area contributed by atoms with Crippen LogP contribution in [0.1, 0.15) is 24.0 Å². The molecule has 0 bridgehead atoms. The zero-order chi connectivity index (χ0) is 19.2. The standard InChI is InChI=1S/C21H24ClN3O2/c22-17-9-4-8-16(12-17)14-24-20(26)19-10-5-11-25(19)21(27)18(23)13-15-6-2-1-3-7-15/h1-4,6-9,12,18-19H,5,10-11,13-14,23H2,(H,24,26)/t18?,19-/m0/s1. The highest BCUT2D eigenvalue weighted by molar-refractivity contribution is 6.30. The van der Waals surface area contributed by atoms with E-state index in [1.807, 2.05) is 48.5 Å². The van der Waals surface area contributed by atoms with Crippen molar-refractivity contribution in [2.45, 2.75) is 37.9 Å². The van der Waals surface area contributed by atoms with E-state index in [1.165, 1.54) is 0 Å². The number of halogens is 1. The van der Waals surface area contributed by atoms with E-state index >= 15 is 0 Å². The van der Waals surface area contributed by atoms with Crippen LogP contribution in [0.15, 0.2) is 54.6 Å². The summed E-state index contributed by atoms with van der Waals surface area (Å²) in [5.74, 6) is -0.313. The van der Waals surface area contributed by atoms with E-state index < -0.39 is 12.1 Å². The number of nitrogens with two attached hydrogens (primary N) is 1. The number of amides is 2. The second kappa shape index (κ2) is 9.02. The molecule has 27 heavy (non-hydrogen) atoms. The van der Waals surface area contributed by atoms with Gasteiger partial charge in [-0.3, -0.25) is 9.59 Å². The third-order valence-corrected chi connectivity index (χ3v) is 5.05. The Morgan fingerprint density at radius 3 is 2.63 bits per heavy atom. The smallest absolute Gasteiger partial charge is 0.243 e. The van der Waals surface area contributed by atoms with Crippen molar-refractivity contribution in [2.75, 3.05) is 6.54 Å². The van der Waals surface area contributed by atoms with Crippen molar-refractivity contribution in [1.82, 2.24) is 10.2 Å². The summed E-state index contributed by atoms with van der Waals surface area (Å²) in [6.45, 7) is 0.949. The fraction of sp³-hybridized carbons (Fsp3) is 0.333. The summed E-state index contributed by atoms with van der Waals surface area (Å²) in [7, 11) is 0. The number of carbonyl (C=O) groups excluding carboxylic acids is 2. The average molecular weight is 386 g/mol. The van der Waals surface area contributed by atoms with Crippen LogP contribution in [0.2, 0.25) is 5.02 Å². The average Bonchev–Trinajstić information content (AvgIpc) is 3.16. The molecule has 1 fully saturated rings. The molecule has 0 saturated carbocycles. The fourth-order valence-corrected chi connectivity index (χ4v) is 3.64. The number of benzene rings is 2. The van der Waals surface area contributed by atoms with Gasteiger partial charge in [-0.15, -0.1) is 0 Å². The molecule has 0 spiro atoms. The summed E-state index contributed by atoms with van der Waals surface area (Å²) in [6.07, 6.45) is 1.93. The first-order valence-corrected chi connectivity index (χ1v) is 9.54.